The average Bonchev–Trinajstić information content (AvgIpc) is 2.17. The third-order valence-corrected chi connectivity index (χ3v) is 2.61. The normalized spacial score (nSPS) is 40.2. The van der Waals surface area contributed by atoms with E-state index in [1.54, 1.807) is 0 Å². The first kappa shape index (κ1) is 10.6. The molecule has 0 aromatic carbocycles. The van der Waals surface area contributed by atoms with Crippen molar-refractivity contribution in [3.05, 3.63) is 0 Å². The maximum absolute atomic E-state index is 10.6. The maximum Gasteiger partial charge on any atom is 0.149 e. The summed E-state index contributed by atoms with van der Waals surface area (Å²) in [6.07, 6.45) is 0.376. The number of carbonyl (C=O) groups is 1. The zero-order valence-electron chi connectivity index (χ0n) is 7.72. The Labute approximate surface area is 77.5 Å². The van der Waals surface area contributed by atoms with E-state index in [1.165, 1.54) is 0 Å². The van der Waals surface area contributed by atoms with Gasteiger partial charge in [0.2, 0.25) is 0 Å². The Morgan fingerprint density at radius 2 is 2.31 bits per heavy atom. The van der Waals surface area contributed by atoms with Gasteiger partial charge in [-0.2, -0.15) is 0 Å². The molecule has 0 saturated carbocycles. The minimum Gasteiger partial charge on any atom is -0.394 e. The van der Waals surface area contributed by atoms with Crippen molar-refractivity contribution in [3.63, 3.8) is 0 Å². The molecule has 0 aliphatic carbocycles. The SMILES string of the molecule is CC[C@H]1CC(O)[C@H](CO)OC1C=O. The maximum atomic E-state index is 10.6. The number of aliphatic hydroxyl groups excluding tert-OH is 2. The summed E-state index contributed by atoms with van der Waals surface area (Å²) >= 11 is 0. The van der Waals surface area contributed by atoms with Gasteiger partial charge in [-0.05, 0) is 12.3 Å². The molecule has 1 aliphatic heterocycles. The van der Waals surface area contributed by atoms with E-state index < -0.39 is 18.3 Å². The fraction of sp³-hybridized carbons (Fsp3) is 0.889. The molecular weight excluding hydrogens is 172 g/mol. The quantitative estimate of drug-likeness (QED) is 0.598. The van der Waals surface area contributed by atoms with E-state index in [0.717, 1.165) is 12.7 Å². The lowest BCUT2D eigenvalue weighted by atomic mass is 9.88. The van der Waals surface area contributed by atoms with E-state index in [2.05, 4.69) is 0 Å². The van der Waals surface area contributed by atoms with Gasteiger partial charge in [0.05, 0.1) is 12.7 Å². The molecule has 1 aliphatic rings. The summed E-state index contributed by atoms with van der Waals surface area (Å²) in [5, 5.41) is 18.3. The topological polar surface area (TPSA) is 66.8 Å². The summed E-state index contributed by atoms with van der Waals surface area (Å²) in [4.78, 5) is 10.6. The number of aldehydes is 1. The van der Waals surface area contributed by atoms with Crippen molar-refractivity contribution in [3.8, 4) is 0 Å². The second kappa shape index (κ2) is 4.69. The van der Waals surface area contributed by atoms with Gasteiger partial charge < -0.3 is 19.7 Å². The minimum absolute atomic E-state index is 0.0790. The molecule has 4 atom stereocenters. The summed E-state index contributed by atoms with van der Waals surface area (Å²) in [6, 6.07) is 0. The zero-order chi connectivity index (χ0) is 9.84. The van der Waals surface area contributed by atoms with E-state index in [9.17, 15) is 9.90 Å². The predicted octanol–water partition coefficient (Wildman–Crippen LogP) is -0.278. The molecule has 0 amide bonds. The molecule has 1 rings (SSSR count). The van der Waals surface area contributed by atoms with Crippen molar-refractivity contribution in [2.24, 2.45) is 5.92 Å². The van der Waals surface area contributed by atoms with Crippen LogP contribution in [-0.4, -0.2) is 41.4 Å². The lowest BCUT2D eigenvalue weighted by Gasteiger charge is -2.36. The van der Waals surface area contributed by atoms with Gasteiger partial charge in [0.25, 0.3) is 0 Å². The molecule has 2 unspecified atom stereocenters. The summed E-state index contributed by atoms with van der Waals surface area (Å²) in [6.45, 7) is 1.72. The summed E-state index contributed by atoms with van der Waals surface area (Å²) in [5.74, 6) is 0.0790. The zero-order valence-corrected chi connectivity index (χ0v) is 7.72. The number of rotatable bonds is 3. The van der Waals surface area contributed by atoms with Crippen molar-refractivity contribution in [2.75, 3.05) is 6.61 Å². The van der Waals surface area contributed by atoms with Crippen LogP contribution in [0.4, 0.5) is 0 Å². The molecule has 0 bridgehead atoms. The van der Waals surface area contributed by atoms with Gasteiger partial charge in [0, 0.05) is 0 Å². The Kier molecular flexibility index (Phi) is 3.84. The molecule has 2 N–H and O–H groups in total. The van der Waals surface area contributed by atoms with Gasteiger partial charge in [-0.3, -0.25) is 0 Å². The highest BCUT2D eigenvalue weighted by Gasteiger charge is 2.35. The van der Waals surface area contributed by atoms with Crippen LogP contribution in [0.15, 0.2) is 0 Å². The highest BCUT2D eigenvalue weighted by molar-refractivity contribution is 5.56. The molecule has 0 radical (unpaired) electrons. The second-order valence-corrected chi connectivity index (χ2v) is 3.43. The Morgan fingerprint density at radius 1 is 1.62 bits per heavy atom. The van der Waals surface area contributed by atoms with Gasteiger partial charge in [0.15, 0.2) is 0 Å². The summed E-state index contributed by atoms with van der Waals surface area (Å²) in [5.41, 5.74) is 0. The monoisotopic (exact) mass is 188 g/mol. The first-order valence-corrected chi connectivity index (χ1v) is 4.62. The van der Waals surface area contributed by atoms with Crippen molar-refractivity contribution < 1.29 is 19.7 Å². The van der Waals surface area contributed by atoms with E-state index >= 15 is 0 Å². The first-order valence-electron chi connectivity index (χ1n) is 4.62. The molecule has 0 aromatic rings. The molecular formula is C9H16O4. The van der Waals surface area contributed by atoms with Crippen molar-refractivity contribution in [2.45, 2.75) is 38.1 Å². The van der Waals surface area contributed by atoms with Crippen LogP contribution in [-0.2, 0) is 9.53 Å². The van der Waals surface area contributed by atoms with Gasteiger partial charge in [0.1, 0.15) is 18.5 Å². The van der Waals surface area contributed by atoms with Crippen LogP contribution < -0.4 is 0 Å². The Balaban J connectivity index is 2.59. The lowest BCUT2D eigenvalue weighted by Crippen LogP contribution is -2.46. The van der Waals surface area contributed by atoms with Crippen LogP contribution in [0, 0.1) is 5.92 Å². The van der Waals surface area contributed by atoms with E-state index in [4.69, 9.17) is 9.84 Å². The minimum atomic E-state index is -0.647. The Morgan fingerprint density at radius 3 is 2.77 bits per heavy atom. The van der Waals surface area contributed by atoms with Crippen LogP contribution in [0.1, 0.15) is 19.8 Å². The molecule has 0 spiro atoms. The molecule has 1 saturated heterocycles. The van der Waals surface area contributed by atoms with Gasteiger partial charge in [-0.15, -0.1) is 0 Å². The Bertz CT molecular complexity index is 171. The smallest absolute Gasteiger partial charge is 0.149 e. The standard InChI is InChI=1S/C9H16O4/c1-2-6-3-7(12)9(5-11)13-8(6)4-10/h4,6-9,11-12H,2-3,5H2,1H3/t6-,7?,8?,9-/m0/s1. The van der Waals surface area contributed by atoms with Crippen molar-refractivity contribution >= 4 is 6.29 Å². The third-order valence-electron chi connectivity index (χ3n) is 2.61. The van der Waals surface area contributed by atoms with Crippen LogP contribution in [0.25, 0.3) is 0 Å². The average molecular weight is 188 g/mol. The molecule has 13 heavy (non-hydrogen) atoms. The fourth-order valence-corrected chi connectivity index (χ4v) is 1.71. The van der Waals surface area contributed by atoms with Gasteiger partial charge >= 0.3 is 0 Å². The van der Waals surface area contributed by atoms with Crippen LogP contribution in [0.3, 0.4) is 0 Å². The first-order chi connectivity index (χ1) is 6.22. The molecule has 0 aromatic heterocycles. The van der Waals surface area contributed by atoms with Crippen LogP contribution in [0.2, 0.25) is 0 Å². The number of carbonyl (C=O) groups excluding carboxylic acids is 1. The largest absolute Gasteiger partial charge is 0.394 e. The van der Waals surface area contributed by atoms with Crippen molar-refractivity contribution in [1.82, 2.24) is 0 Å². The van der Waals surface area contributed by atoms with Crippen LogP contribution in [0.5, 0.6) is 0 Å². The lowest BCUT2D eigenvalue weighted by molar-refractivity contribution is -0.163. The highest BCUT2D eigenvalue weighted by atomic mass is 16.5. The molecule has 4 heteroatoms. The van der Waals surface area contributed by atoms with E-state index in [1.807, 2.05) is 6.92 Å². The Hall–Kier alpha value is -0.450. The highest BCUT2D eigenvalue weighted by Crippen LogP contribution is 2.26. The van der Waals surface area contributed by atoms with Gasteiger partial charge in [-0.1, -0.05) is 13.3 Å². The van der Waals surface area contributed by atoms with Crippen molar-refractivity contribution in [1.29, 1.82) is 0 Å². The number of hydrogen-bond acceptors (Lipinski definition) is 4. The van der Waals surface area contributed by atoms with Gasteiger partial charge in [-0.25, -0.2) is 0 Å². The molecule has 76 valence electrons. The predicted molar refractivity (Wildman–Crippen MR) is 46.2 cm³/mol. The van der Waals surface area contributed by atoms with E-state index in [0.29, 0.717) is 6.42 Å². The fourth-order valence-electron chi connectivity index (χ4n) is 1.71. The molecule has 1 heterocycles. The van der Waals surface area contributed by atoms with Crippen LogP contribution >= 0.6 is 0 Å². The van der Waals surface area contributed by atoms with E-state index in [-0.39, 0.29) is 12.5 Å². The number of aliphatic hydroxyl groups is 2. The summed E-state index contributed by atoms with van der Waals surface area (Å²) < 4.78 is 5.23. The number of hydrogen-bond donors (Lipinski definition) is 2. The third kappa shape index (κ3) is 2.27. The summed E-state index contributed by atoms with van der Waals surface area (Å²) in [7, 11) is 0. The number of ether oxygens (including phenoxy) is 1. The second-order valence-electron chi connectivity index (χ2n) is 3.43. The molecule has 4 nitrogen and oxygen atoms in total. The molecule has 1 fully saturated rings.